The van der Waals surface area contributed by atoms with E-state index in [0.717, 1.165) is 0 Å². The van der Waals surface area contributed by atoms with Crippen LogP contribution in [0.5, 0.6) is 0 Å². The molecule has 1 aliphatic rings. The first-order chi connectivity index (χ1) is 10.6. The molecule has 8 nitrogen and oxygen atoms in total. The third-order valence-corrected chi connectivity index (χ3v) is 4.24. The molecule has 1 aliphatic heterocycles. The molecular weight excluding hydrogens is 295 g/mol. The summed E-state index contributed by atoms with van der Waals surface area (Å²) < 4.78 is 13.2. The Kier molecular flexibility index (Phi) is 3.96. The van der Waals surface area contributed by atoms with Crippen LogP contribution in [0.4, 0.5) is 4.39 Å². The van der Waals surface area contributed by atoms with Gasteiger partial charge in [-0.2, -0.15) is 0 Å². The van der Waals surface area contributed by atoms with Gasteiger partial charge >= 0.3 is 0 Å². The van der Waals surface area contributed by atoms with Crippen molar-refractivity contribution in [1.82, 2.24) is 19.9 Å². The number of nitrogens with zero attached hydrogens (tertiary/aromatic N) is 2. The van der Waals surface area contributed by atoms with Gasteiger partial charge in [-0.05, 0) is 0 Å². The number of alkyl halides is 1. The number of likely N-dealkylation sites (tertiary alicyclic amines) is 1. The maximum Gasteiger partial charge on any atom is 0.275 e. The minimum Gasteiger partial charge on any atom is -0.395 e. The van der Waals surface area contributed by atoms with Gasteiger partial charge in [0.1, 0.15) is 12.2 Å². The van der Waals surface area contributed by atoms with E-state index in [4.69, 9.17) is 0 Å². The zero-order chi connectivity index (χ0) is 15.9. The predicted octanol–water partition coefficient (Wildman–Crippen LogP) is -1.51. The van der Waals surface area contributed by atoms with E-state index >= 15 is 0 Å². The van der Waals surface area contributed by atoms with Crippen molar-refractivity contribution in [2.75, 3.05) is 13.3 Å². The van der Waals surface area contributed by atoms with Crippen molar-refractivity contribution in [2.45, 2.75) is 30.8 Å². The number of nitrogens with one attached hydrogen (secondary N) is 2. The summed E-state index contributed by atoms with van der Waals surface area (Å²) in [6.07, 6.45) is 0.343. The highest BCUT2D eigenvalue weighted by Gasteiger charge is 2.47. The van der Waals surface area contributed by atoms with Crippen LogP contribution in [0.3, 0.4) is 0 Å². The molecule has 0 radical (unpaired) electrons. The third-order valence-electron chi connectivity index (χ3n) is 4.24. The summed E-state index contributed by atoms with van der Waals surface area (Å²) in [6, 6.07) is -1.69. The molecule has 3 rings (SSSR count). The van der Waals surface area contributed by atoms with Crippen LogP contribution in [0.2, 0.25) is 0 Å². The minimum absolute atomic E-state index is 0.143. The number of aromatic nitrogens is 3. The summed E-state index contributed by atoms with van der Waals surface area (Å²) in [7, 11) is 0. The predicted molar refractivity (Wildman–Crippen MR) is 74.9 cm³/mol. The molecule has 0 spiro atoms. The van der Waals surface area contributed by atoms with Crippen molar-refractivity contribution in [2.24, 2.45) is 0 Å². The second-order valence-corrected chi connectivity index (χ2v) is 5.39. The number of rotatable bonds is 4. The molecule has 3 heterocycles. The normalized spacial score (nSPS) is 29.5. The van der Waals surface area contributed by atoms with Crippen LogP contribution in [0, 0.1) is 0 Å². The van der Waals surface area contributed by atoms with Crippen LogP contribution in [0.1, 0.15) is 5.56 Å². The summed E-state index contributed by atoms with van der Waals surface area (Å²) in [5.74, 6) is 0. The number of hydrogen-bond acceptors (Lipinski definition) is 6. The van der Waals surface area contributed by atoms with Crippen LogP contribution in [0.25, 0.3) is 11.0 Å². The fourth-order valence-electron chi connectivity index (χ4n) is 3.04. The highest BCUT2D eigenvalue weighted by atomic mass is 19.1. The lowest BCUT2D eigenvalue weighted by atomic mass is 10.1. The topological polar surface area (TPSA) is 125 Å². The molecule has 2 aromatic rings. The highest BCUT2D eigenvalue weighted by molar-refractivity contribution is 5.77. The SMILES string of the molecule is O=c1[nH]cnc2c(CN3[C@@H](CO)[C@@H](O)[C@H](O)[C@@H]3CF)c[nH]c12. The van der Waals surface area contributed by atoms with E-state index in [0.29, 0.717) is 16.6 Å². The van der Waals surface area contributed by atoms with E-state index in [1.165, 1.54) is 11.2 Å². The smallest absolute Gasteiger partial charge is 0.275 e. The van der Waals surface area contributed by atoms with Crippen LogP contribution in [-0.2, 0) is 6.54 Å². The van der Waals surface area contributed by atoms with Gasteiger partial charge in [-0.3, -0.25) is 9.69 Å². The molecule has 1 fully saturated rings. The van der Waals surface area contributed by atoms with Crippen LogP contribution in [-0.4, -0.2) is 72.7 Å². The molecule has 0 amide bonds. The first kappa shape index (κ1) is 15.1. The summed E-state index contributed by atoms with van der Waals surface area (Å²) >= 11 is 0. The number of hydrogen-bond donors (Lipinski definition) is 5. The zero-order valence-electron chi connectivity index (χ0n) is 11.6. The fourth-order valence-corrected chi connectivity index (χ4v) is 3.04. The van der Waals surface area contributed by atoms with Crippen molar-refractivity contribution in [3.8, 4) is 0 Å². The van der Waals surface area contributed by atoms with Gasteiger partial charge in [-0.15, -0.1) is 0 Å². The van der Waals surface area contributed by atoms with Gasteiger partial charge in [-0.25, -0.2) is 9.37 Å². The van der Waals surface area contributed by atoms with Gasteiger partial charge in [-0.1, -0.05) is 0 Å². The van der Waals surface area contributed by atoms with Gasteiger partial charge in [0.25, 0.3) is 5.56 Å². The van der Waals surface area contributed by atoms with Crippen molar-refractivity contribution < 1.29 is 19.7 Å². The lowest BCUT2D eigenvalue weighted by Crippen LogP contribution is -2.41. The van der Waals surface area contributed by atoms with Crippen molar-refractivity contribution in [3.05, 3.63) is 28.4 Å². The van der Waals surface area contributed by atoms with E-state index in [1.54, 1.807) is 6.20 Å². The maximum atomic E-state index is 13.2. The maximum absolute atomic E-state index is 13.2. The largest absolute Gasteiger partial charge is 0.395 e. The van der Waals surface area contributed by atoms with Crippen molar-refractivity contribution in [1.29, 1.82) is 0 Å². The Hall–Kier alpha value is -1.81. The number of aliphatic hydroxyl groups excluding tert-OH is 3. The highest BCUT2D eigenvalue weighted by Crippen LogP contribution is 2.28. The van der Waals surface area contributed by atoms with E-state index < -0.39 is 37.6 Å². The Morgan fingerprint density at radius 3 is 2.68 bits per heavy atom. The zero-order valence-corrected chi connectivity index (χ0v) is 11.6. The minimum atomic E-state index is -1.27. The van der Waals surface area contributed by atoms with Crippen LogP contribution >= 0.6 is 0 Å². The first-order valence-electron chi connectivity index (χ1n) is 6.90. The van der Waals surface area contributed by atoms with Crippen molar-refractivity contribution >= 4 is 11.0 Å². The Morgan fingerprint density at radius 1 is 1.27 bits per heavy atom. The summed E-state index contributed by atoms with van der Waals surface area (Å²) in [6.45, 7) is -1.12. The van der Waals surface area contributed by atoms with Gasteiger partial charge in [0.15, 0.2) is 0 Å². The average molecular weight is 312 g/mol. The van der Waals surface area contributed by atoms with Gasteiger partial charge < -0.3 is 25.3 Å². The van der Waals surface area contributed by atoms with Crippen LogP contribution in [0.15, 0.2) is 17.3 Å². The molecule has 5 N–H and O–H groups in total. The number of aliphatic hydroxyl groups is 3. The lowest BCUT2D eigenvalue weighted by Gasteiger charge is -2.27. The van der Waals surface area contributed by atoms with Gasteiger partial charge in [0, 0.05) is 18.3 Å². The molecule has 2 aromatic heterocycles. The first-order valence-corrected chi connectivity index (χ1v) is 6.90. The quantitative estimate of drug-likeness (QED) is 0.467. The van der Waals surface area contributed by atoms with E-state index in [1.807, 2.05) is 0 Å². The molecule has 0 aliphatic carbocycles. The summed E-state index contributed by atoms with van der Waals surface area (Å²) in [4.78, 5) is 22.5. The van der Waals surface area contributed by atoms with Crippen molar-refractivity contribution in [3.63, 3.8) is 0 Å². The number of aromatic amines is 2. The number of H-pyrrole nitrogens is 2. The average Bonchev–Trinajstić information content (AvgIpc) is 3.01. The molecular formula is C13H17FN4O4. The fraction of sp³-hybridized carbons (Fsp3) is 0.538. The van der Waals surface area contributed by atoms with Crippen LogP contribution < -0.4 is 5.56 Å². The Morgan fingerprint density at radius 2 is 2.00 bits per heavy atom. The standard InChI is InChI=1S/C13H17FN4O4/c14-1-7-11(20)12(21)8(4-19)18(7)3-6-2-15-10-9(6)16-5-17-13(10)22/h2,5,7-8,11-12,15,19-21H,1,3-4H2,(H,16,17,22)/t7-,8-,11+,12+/m0/s1. The van der Waals surface area contributed by atoms with E-state index in [9.17, 15) is 24.5 Å². The third kappa shape index (κ3) is 2.22. The molecule has 0 unspecified atom stereocenters. The number of fused-ring (bicyclic) bond motifs is 1. The van der Waals surface area contributed by atoms with Gasteiger partial charge in [0.2, 0.25) is 0 Å². The molecule has 22 heavy (non-hydrogen) atoms. The second kappa shape index (κ2) is 5.76. The summed E-state index contributed by atoms with van der Waals surface area (Å²) in [5, 5.41) is 29.2. The number of halogens is 1. The van der Waals surface area contributed by atoms with Gasteiger partial charge in [0.05, 0.1) is 42.7 Å². The molecule has 9 heteroatoms. The summed E-state index contributed by atoms with van der Waals surface area (Å²) in [5.41, 5.74) is 1.04. The van der Waals surface area contributed by atoms with E-state index in [2.05, 4.69) is 15.0 Å². The Bertz CT molecular complexity index is 701. The molecule has 0 aromatic carbocycles. The molecule has 120 valence electrons. The Labute approximate surface area is 124 Å². The molecule has 4 atom stereocenters. The van der Waals surface area contributed by atoms with E-state index in [-0.39, 0.29) is 12.1 Å². The molecule has 0 bridgehead atoms. The lowest BCUT2D eigenvalue weighted by molar-refractivity contribution is 0.0163. The monoisotopic (exact) mass is 312 g/mol. The molecule has 1 saturated heterocycles. The second-order valence-electron chi connectivity index (χ2n) is 5.39. The molecule has 0 saturated carbocycles. The Balaban J connectivity index is 1.96.